The summed E-state index contributed by atoms with van der Waals surface area (Å²) in [6, 6.07) is 0.683. The number of hydrogen-bond acceptors (Lipinski definition) is 2. The van der Waals surface area contributed by atoms with Crippen molar-refractivity contribution >= 4 is 0 Å². The van der Waals surface area contributed by atoms with Crippen molar-refractivity contribution in [1.82, 2.24) is 5.32 Å². The van der Waals surface area contributed by atoms with Crippen LogP contribution in [0.1, 0.15) is 71.6 Å². The maximum absolute atomic E-state index is 5.84. The molecule has 2 saturated carbocycles. The maximum atomic E-state index is 5.84. The van der Waals surface area contributed by atoms with Crippen LogP contribution in [0.2, 0.25) is 0 Å². The standard InChI is InChI=1S/C17H33NO/c1-4-14-7-9-15(10-8-14)16(18-5-2)13-17(19-3)11-6-12-17/h14-16,18H,4-13H2,1-3H3. The molecule has 0 aromatic rings. The zero-order valence-corrected chi connectivity index (χ0v) is 13.2. The molecular formula is C17H33NO. The lowest BCUT2D eigenvalue weighted by Crippen LogP contribution is -2.49. The van der Waals surface area contributed by atoms with Crippen LogP contribution in [0.25, 0.3) is 0 Å². The first-order chi connectivity index (χ1) is 9.23. The van der Waals surface area contributed by atoms with E-state index in [0.717, 1.165) is 18.4 Å². The van der Waals surface area contributed by atoms with Crippen LogP contribution in [-0.2, 0) is 4.74 Å². The zero-order valence-electron chi connectivity index (χ0n) is 13.2. The molecule has 0 aliphatic heterocycles. The van der Waals surface area contributed by atoms with Crippen LogP contribution in [0.15, 0.2) is 0 Å². The van der Waals surface area contributed by atoms with Gasteiger partial charge in [-0.05, 0) is 56.9 Å². The Morgan fingerprint density at radius 2 is 1.84 bits per heavy atom. The molecule has 1 atom stereocenters. The summed E-state index contributed by atoms with van der Waals surface area (Å²) < 4.78 is 5.84. The first kappa shape index (κ1) is 15.3. The second-order valence-electron chi connectivity index (χ2n) is 6.80. The molecule has 2 aliphatic carbocycles. The second kappa shape index (κ2) is 7.08. The van der Waals surface area contributed by atoms with Gasteiger partial charge in [0.15, 0.2) is 0 Å². The average molecular weight is 267 g/mol. The van der Waals surface area contributed by atoms with Crippen LogP contribution in [0.4, 0.5) is 0 Å². The van der Waals surface area contributed by atoms with Crippen molar-refractivity contribution in [2.45, 2.75) is 83.3 Å². The SMILES string of the molecule is CCNC(CC1(OC)CCC1)C1CCC(CC)CC1. The summed E-state index contributed by atoms with van der Waals surface area (Å²) in [6.07, 6.45) is 12.3. The van der Waals surface area contributed by atoms with Gasteiger partial charge in [-0.2, -0.15) is 0 Å². The van der Waals surface area contributed by atoms with Gasteiger partial charge in [0.25, 0.3) is 0 Å². The molecule has 2 aliphatic rings. The van der Waals surface area contributed by atoms with Crippen LogP contribution in [0.3, 0.4) is 0 Å². The van der Waals surface area contributed by atoms with Gasteiger partial charge in [0, 0.05) is 13.2 Å². The smallest absolute Gasteiger partial charge is 0.0693 e. The topological polar surface area (TPSA) is 21.3 Å². The molecule has 1 N–H and O–H groups in total. The Hall–Kier alpha value is -0.0800. The van der Waals surface area contributed by atoms with Crippen molar-refractivity contribution in [3.05, 3.63) is 0 Å². The van der Waals surface area contributed by atoms with E-state index >= 15 is 0 Å². The molecule has 0 aromatic heterocycles. The van der Waals surface area contributed by atoms with Gasteiger partial charge in [-0.15, -0.1) is 0 Å². The summed E-state index contributed by atoms with van der Waals surface area (Å²) in [6.45, 7) is 5.68. The van der Waals surface area contributed by atoms with E-state index in [1.54, 1.807) is 0 Å². The van der Waals surface area contributed by atoms with Crippen LogP contribution in [0, 0.1) is 11.8 Å². The summed E-state index contributed by atoms with van der Waals surface area (Å²) in [4.78, 5) is 0. The molecule has 0 bridgehead atoms. The molecule has 0 aromatic carbocycles. The lowest BCUT2D eigenvalue weighted by Gasteiger charge is -2.45. The third-order valence-corrected chi connectivity index (χ3v) is 5.79. The molecule has 0 amide bonds. The van der Waals surface area contributed by atoms with E-state index in [1.807, 2.05) is 7.11 Å². The molecule has 2 nitrogen and oxygen atoms in total. The van der Waals surface area contributed by atoms with Crippen molar-refractivity contribution in [2.24, 2.45) is 11.8 Å². The van der Waals surface area contributed by atoms with Crippen molar-refractivity contribution in [1.29, 1.82) is 0 Å². The molecule has 2 heteroatoms. The maximum Gasteiger partial charge on any atom is 0.0693 e. The quantitative estimate of drug-likeness (QED) is 0.748. The van der Waals surface area contributed by atoms with Crippen molar-refractivity contribution in [3.63, 3.8) is 0 Å². The Morgan fingerprint density at radius 1 is 1.16 bits per heavy atom. The highest BCUT2D eigenvalue weighted by Gasteiger charge is 2.41. The van der Waals surface area contributed by atoms with Gasteiger partial charge in [-0.25, -0.2) is 0 Å². The van der Waals surface area contributed by atoms with Crippen LogP contribution >= 0.6 is 0 Å². The molecule has 112 valence electrons. The van der Waals surface area contributed by atoms with E-state index in [0.29, 0.717) is 6.04 Å². The molecule has 19 heavy (non-hydrogen) atoms. The van der Waals surface area contributed by atoms with E-state index in [-0.39, 0.29) is 5.60 Å². The second-order valence-corrected chi connectivity index (χ2v) is 6.80. The van der Waals surface area contributed by atoms with E-state index < -0.39 is 0 Å². The molecule has 0 spiro atoms. The summed E-state index contributed by atoms with van der Waals surface area (Å²) >= 11 is 0. The Bertz CT molecular complexity index is 248. The highest BCUT2D eigenvalue weighted by Crippen LogP contribution is 2.42. The lowest BCUT2D eigenvalue weighted by molar-refractivity contribution is -0.0881. The molecule has 2 rings (SSSR count). The van der Waals surface area contributed by atoms with Crippen molar-refractivity contribution in [3.8, 4) is 0 Å². The number of ether oxygens (including phenoxy) is 1. The van der Waals surface area contributed by atoms with Crippen molar-refractivity contribution in [2.75, 3.05) is 13.7 Å². The van der Waals surface area contributed by atoms with E-state index in [2.05, 4.69) is 19.2 Å². The van der Waals surface area contributed by atoms with E-state index in [9.17, 15) is 0 Å². The molecule has 0 radical (unpaired) electrons. The van der Waals surface area contributed by atoms with Gasteiger partial charge >= 0.3 is 0 Å². The van der Waals surface area contributed by atoms with Gasteiger partial charge in [0.1, 0.15) is 0 Å². The van der Waals surface area contributed by atoms with E-state index in [4.69, 9.17) is 4.74 Å². The average Bonchev–Trinajstić information content (AvgIpc) is 2.42. The van der Waals surface area contributed by atoms with Crippen LogP contribution < -0.4 is 5.32 Å². The Morgan fingerprint density at radius 3 is 2.26 bits per heavy atom. The monoisotopic (exact) mass is 267 g/mol. The van der Waals surface area contributed by atoms with Gasteiger partial charge in [0.2, 0.25) is 0 Å². The highest BCUT2D eigenvalue weighted by atomic mass is 16.5. The normalized spacial score (nSPS) is 31.7. The summed E-state index contributed by atoms with van der Waals surface area (Å²) in [7, 11) is 1.91. The molecule has 2 fully saturated rings. The van der Waals surface area contributed by atoms with Crippen LogP contribution in [-0.4, -0.2) is 25.3 Å². The fourth-order valence-corrected chi connectivity index (χ4v) is 4.13. The minimum absolute atomic E-state index is 0.217. The molecular weight excluding hydrogens is 234 g/mol. The highest BCUT2D eigenvalue weighted by molar-refractivity contribution is 4.95. The van der Waals surface area contributed by atoms with Gasteiger partial charge in [-0.3, -0.25) is 0 Å². The van der Waals surface area contributed by atoms with Crippen molar-refractivity contribution < 1.29 is 4.74 Å². The lowest BCUT2D eigenvalue weighted by atomic mass is 9.70. The number of rotatable bonds is 7. The molecule has 0 heterocycles. The first-order valence-electron chi connectivity index (χ1n) is 8.51. The largest absolute Gasteiger partial charge is 0.378 e. The number of methoxy groups -OCH3 is 1. The minimum atomic E-state index is 0.217. The summed E-state index contributed by atoms with van der Waals surface area (Å²) in [5.41, 5.74) is 0.217. The summed E-state index contributed by atoms with van der Waals surface area (Å²) in [5.74, 6) is 1.88. The van der Waals surface area contributed by atoms with Gasteiger partial charge in [-0.1, -0.05) is 33.1 Å². The predicted octanol–water partition coefficient (Wildman–Crippen LogP) is 4.14. The third-order valence-electron chi connectivity index (χ3n) is 5.79. The van der Waals surface area contributed by atoms with E-state index in [1.165, 1.54) is 57.8 Å². The minimum Gasteiger partial charge on any atom is -0.378 e. The predicted molar refractivity (Wildman–Crippen MR) is 81.4 cm³/mol. The Kier molecular flexibility index (Phi) is 5.70. The molecule has 0 saturated heterocycles. The fourth-order valence-electron chi connectivity index (χ4n) is 4.13. The Labute approximate surface area is 119 Å². The third kappa shape index (κ3) is 3.72. The summed E-state index contributed by atoms with van der Waals surface area (Å²) in [5, 5.41) is 3.76. The zero-order chi connectivity index (χ0) is 13.7. The number of hydrogen-bond donors (Lipinski definition) is 1. The number of nitrogens with one attached hydrogen (secondary N) is 1. The van der Waals surface area contributed by atoms with Crippen LogP contribution in [0.5, 0.6) is 0 Å². The fraction of sp³-hybridized carbons (Fsp3) is 1.00. The molecule has 1 unspecified atom stereocenters. The first-order valence-corrected chi connectivity index (χ1v) is 8.51. The van der Waals surface area contributed by atoms with Gasteiger partial charge in [0.05, 0.1) is 5.60 Å². The van der Waals surface area contributed by atoms with Gasteiger partial charge < -0.3 is 10.1 Å². The Balaban J connectivity index is 1.88.